The zero-order valence-corrected chi connectivity index (χ0v) is 12.0. The molecule has 1 aromatic carbocycles. The average molecular weight is 296 g/mol. The standard InChI is InChI=1S/C14H15Cl2N3/c1-9-8-18-5-4-11(9)14(19-17)7-10-2-3-12(15)13(16)6-10/h2-6,8,14,19H,7,17H2,1H3. The molecule has 0 aliphatic heterocycles. The molecule has 1 atom stereocenters. The Morgan fingerprint density at radius 2 is 2.05 bits per heavy atom. The molecule has 0 aliphatic carbocycles. The van der Waals surface area contributed by atoms with Crippen LogP contribution in [0.15, 0.2) is 36.7 Å². The molecule has 0 saturated heterocycles. The van der Waals surface area contributed by atoms with Crippen LogP contribution in [-0.2, 0) is 6.42 Å². The molecule has 2 aromatic rings. The van der Waals surface area contributed by atoms with Gasteiger partial charge in [-0.05, 0) is 48.2 Å². The number of nitrogens with one attached hydrogen (secondary N) is 1. The smallest absolute Gasteiger partial charge is 0.0595 e. The summed E-state index contributed by atoms with van der Waals surface area (Å²) in [4.78, 5) is 4.09. The predicted molar refractivity (Wildman–Crippen MR) is 79.2 cm³/mol. The molecular weight excluding hydrogens is 281 g/mol. The van der Waals surface area contributed by atoms with Gasteiger partial charge < -0.3 is 0 Å². The van der Waals surface area contributed by atoms with Crippen LogP contribution in [0.5, 0.6) is 0 Å². The number of hydrogen-bond acceptors (Lipinski definition) is 3. The van der Waals surface area contributed by atoms with Gasteiger partial charge in [-0.25, -0.2) is 0 Å². The molecule has 19 heavy (non-hydrogen) atoms. The van der Waals surface area contributed by atoms with Gasteiger partial charge in [-0.3, -0.25) is 16.3 Å². The van der Waals surface area contributed by atoms with Gasteiger partial charge in [0.2, 0.25) is 0 Å². The van der Waals surface area contributed by atoms with Crippen molar-refractivity contribution >= 4 is 23.2 Å². The largest absolute Gasteiger partial charge is 0.271 e. The summed E-state index contributed by atoms with van der Waals surface area (Å²) in [5.41, 5.74) is 6.15. The number of benzene rings is 1. The first-order chi connectivity index (χ1) is 9.11. The minimum Gasteiger partial charge on any atom is -0.271 e. The van der Waals surface area contributed by atoms with Gasteiger partial charge in [0.05, 0.1) is 16.1 Å². The first-order valence-corrected chi connectivity index (χ1v) is 6.68. The Hall–Kier alpha value is -1.13. The summed E-state index contributed by atoms with van der Waals surface area (Å²) >= 11 is 11.9. The first-order valence-electron chi connectivity index (χ1n) is 5.92. The molecule has 0 amide bonds. The van der Waals surface area contributed by atoms with Crippen molar-refractivity contribution in [1.29, 1.82) is 0 Å². The number of nitrogens with two attached hydrogens (primary N) is 1. The number of aryl methyl sites for hydroxylation is 1. The number of nitrogens with zero attached hydrogens (tertiary/aromatic N) is 1. The van der Waals surface area contributed by atoms with Gasteiger partial charge in [-0.2, -0.15) is 0 Å². The van der Waals surface area contributed by atoms with E-state index in [2.05, 4.69) is 10.4 Å². The fourth-order valence-corrected chi connectivity index (χ4v) is 2.36. The number of aromatic nitrogens is 1. The average Bonchev–Trinajstić information content (AvgIpc) is 2.41. The molecule has 100 valence electrons. The minimum atomic E-state index is 0.0141. The Kier molecular flexibility index (Phi) is 4.77. The Labute approximate surface area is 122 Å². The van der Waals surface area contributed by atoms with Crippen LogP contribution < -0.4 is 11.3 Å². The molecule has 0 radical (unpaired) electrons. The molecule has 0 fully saturated rings. The first kappa shape index (κ1) is 14.3. The summed E-state index contributed by atoms with van der Waals surface area (Å²) in [7, 11) is 0. The Morgan fingerprint density at radius 3 is 2.68 bits per heavy atom. The summed E-state index contributed by atoms with van der Waals surface area (Å²) in [6.07, 6.45) is 4.33. The highest BCUT2D eigenvalue weighted by Crippen LogP contribution is 2.26. The van der Waals surface area contributed by atoms with Crippen LogP contribution in [0.3, 0.4) is 0 Å². The summed E-state index contributed by atoms with van der Waals surface area (Å²) in [6.45, 7) is 2.02. The zero-order chi connectivity index (χ0) is 13.8. The van der Waals surface area contributed by atoms with Gasteiger partial charge in [-0.1, -0.05) is 29.3 Å². The van der Waals surface area contributed by atoms with E-state index >= 15 is 0 Å². The van der Waals surface area contributed by atoms with Crippen LogP contribution in [0.4, 0.5) is 0 Å². The minimum absolute atomic E-state index is 0.0141. The van der Waals surface area contributed by atoms with Crippen molar-refractivity contribution in [2.24, 2.45) is 5.84 Å². The second kappa shape index (κ2) is 6.35. The lowest BCUT2D eigenvalue weighted by Crippen LogP contribution is -2.30. The predicted octanol–water partition coefficient (Wildman–Crippen LogP) is 3.44. The quantitative estimate of drug-likeness (QED) is 0.671. The molecule has 0 aliphatic rings. The number of halogens is 2. The van der Waals surface area contributed by atoms with Crippen molar-refractivity contribution < 1.29 is 0 Å². The van der Waals surface area contributed by atoms with E-state index in [0.717, 1.165) is 23.1 Å². The van der Waals surface area contributed by atoms with Crippen LogP contribution >= 0.6 is 23.2 Å². The van der Waals surface area contributed by atoms with Crippen LogP contribution in [-0.4, -0.2) is 4.98 Å². The Bertz CT molecular complexity index is 572. The van der Waals surface area contributed by atoms with Gasteiger partial charge in [0.15, 0.2) is 0 Å². The van der Waals surface area contributed by atoms with E-state index in [1.807, 2.05) is 31.3 Å². The van der Waals surface area contributed by atoms with E-state index < -0.39 is 0 Å². The summed E-state index contributed by atoms with van der Waals surface area (Å²) in [6, 6.07) is 7.60. The van der Waals surface area contributed by atoms with Crippen LogP contribution in [0.25, 0.3) is 0 Å². The van der Waals surface area contributed by atoms with E-state index in [1.54, 1.807) is 12.3 Å². The molecule has 1 heterocycles. The SMILES string of the molecule is Cc1cnccc1C(Cc1ccc(Cl)c(Cl)c1)NN. The maximum Gasteiger partial charge on any atom is 0.0595 e. The van der Waals surface area contributed by atoms with Crippen molar-refractivity contribution in [3.8, 4) is 0 Å². The van der Waals surface area contributed by atoms with E-state index in [9.17, 15) is 0 Å². The molecule has 0 saturated carbocycles. The molecule has 2 rings (SSSR count). The molecule has 1 unspecified atom stereocenters. The Balaban J connectivity index is 2.24. The zero-order valence-electron chi connectivity index (χ0n) is 10.5. The maximum absolute atomic E-state index is 6.02. The fourth-order valence-electron chi connectivity index (χ4n) is 2.04. The number of hydrazine groups is 1. The number of hydrogen-bond donors (Lipinski definition) is 2. The van der Waals surface area contributed by atoms with Crippen molar-refractivity contribution in [2.45, 2.75) is 19.4 Å². The normalized spacial score (nSPS) is 12.4. The third-order valence-corrected chi connectivity index (χ3v) is 3.80. The Morgan fingerprint density at radius 1 is 1.26 bits per heavy atom. The molecule has 5 heteroatoms. The highest BCUT2D eigenvalue weighted by Gasteiger charge is 2.13. The van der Waals surface area contributed by atoms with Gasteiger partial charge in [-0.15, -0.1) is 0 Å². The number of pyridine rings is 1. The highest BCUT2D eigenvalue weighted by atomic mass is 35.5. The highest BCUT2D eigenvalue weighted by molar-refractivity contribution is 6.42. The van der Waals surface area contributed by atoms with Gasteiger partial charge in [0, 0.05) is 12.4 Å². The molecule has 0 spiro atoms. The third-order valence-electron chi connectivity index (χ3n) is 3.06. The molecular formula is C14H15Cl2N3. The molecule has 3 N–H and O–H groups in total. The van der Waals surface area contributed by atoms with Gasteiger partial charge >= 0.3 is 0 Å². The van der Waals surface area contributed by atoms with Gasteiger partial charge in [0.25, 0.3) is 0 Å². The fraction of sp³-hybridized carbons (Fsp3) is 0.214. The van der Waals surface area contributed by atoms with E-state index in [0.29, 0.717) is 10.0 Å². The van der Waals surface area contributed by atoms with Crippen molar-refractivity contribution in [3.05, 3.63) is 63.4 Å². The number of rotatable bonds is 4. The lowest BCUT2D eigenvalue weighted by Gasteiger charge is -2.18. The topological polar surface area (TPSA) is 50.9 Å². The second-order valence-electron chi connectivity index (χ2n) is 4.40. The third kappa shape index (κ3) is 3.45. The lowest BCUT2D eigenvalue weighted by atomic mass is 9.97. The van der Waals surface area contributed by atoms with Crippen LogP contribution in [0.2, 0.25) is 10.0 Å². The van der Waals surface area contributed by atoms with E-state index in [-0.39, 0.29) is 6.04 Å². The summed E-state index contributed by atoms with van der Waals surface area (Å²) in [5.74, 6) is 5.66. The van der Waals surface area contributed by atoms with Crippen molar-refractivity contribution in [1.82, 2.24) is 10.4 Å². The summed E-state index contributed by atoms with van der Waals surface area (Å²) in [5, 5.41) is 1.11. The van der Waals surface area contributed by atoms with E-state index in [4.69, 9.17) is 29.0 Å². The van der Waals surface area contributed by atoms with E-state index in [1.165, 1.54) is 0 Å². The molecule has 1 aromatic heterocycles. The molecule has 0 bridgehead atoms. The lowest BCUT2D eigenvalue weighted by molar-refractivity contribution is 0.549. The van der Waals surface area contributed by atoms with Crippen LogP contribution in [0, 0.1) is 6.92 Å². The maximum atomic E-state index is 6.02. The second-order valence-corrected chi connectivity index (χ2v) is 5.22. The van der Waals surface area contributed by atoms with Crippen molar-refractivity contribution in [2.75, 3.05) is 0 Å². The molecule has 3 nitrogen and oxygen atoms in total. The summed E-state index contributed by atoms with van der Waals surface area (Å²) < 4.78 is 0. The monoisotopic (exact) mass is 295 g/mol. The van der Waals surface area contributed by atoms with Gasteiger partial charge in [0.1, 0.15) is 0 Å². The van der Waals surface area contributed by atoms with Crippen molar-refractivity contribution in [3.63, 3.8) is 0 Å². The van der Waals surface area contributed by atoms with Crippen LogP contribution in [0.1, 0.15) is 22.7 Å².